The van der Waals surface area contributed by atoms with Crippen molar-refractivity contribution in [2.45, 2.75) is 11.7 Å². The van der Waals surface area contributed by atoms with Crippen LogP contribution in [0.1, 0.15) is 16.8 Å². The van der Waals surface area contributed by atoms with Crippen LogP contribution < -0.4 is 5.32 Å². The minimum atomic E-state index is -0.730. The van der Waals surface area contributed by atoms with Gasteiger partial charge in [0.25, 0.3) is 5.24 Å². The highest BCUT2D eigenvalue weighted by molar-refractivity contribution is 8.15. The molecule has 1 atom stereocenters. The predicted octanol–water partition coefficient (Wildman–Crippen LogP) is 2.05. The summed E-state index contributed by atoms with van der Waals surface area (Å²) >= 11 is 0.838. The van der Waals surface area contributed by atoms with Gasteiger partial charge in [0.15, 0.2) is 0 Å². The van der Waals surface area contributed by atoms with Crippen LogP contribution in [0.15, 0.2) is 36.9 Å². The summed E-state index contributed by atoms with van der Waals surface area (Å²) in [4.78, 5) is 48.2. The van der Waals surface area contributed by atoms with Crippen LogP contribution >= 0.6 is 11.8 Å². The van der Waals surface area contributed by atoms with Gasteiger partial charge in [-0.2, -0.15) is 0 Å². The fraction of sp³-hybridized carbons (Fsp3) is 0.250. The highest BCUT2D eigenvalue weighted by Crippen LogP contribution is 2.29. The molecule has 7 nitrogen and oxygen atoms in total. The van der Waals surface area contributed by atoms with Crippen LogP contribution in [0.25, 0.3) is 0 Å². The molecular weight excluding hydrogens is 332 g/mol. The first-order valence-electron chi connectivity index (χ1n) is 7.07. The lowest BCUT2D eigenvalue weighted by Gasteiger charge is -2.11. The third-order valence-electron chi connectivity index (χ3n) is 3.28. The zero-order valence-electron chi connectivity index (χ0n) is 13.0. The Morgan fingerprint density at radius 1 is 1.33 bits per heavy atom. The van der Waals surface area contributed by atoms with E-state index in [-0.39, 0.29) is 30.0 Å². The number of nitrogens with zero attached hydrogens (tertiary/aromatic N) is 1. The molecule has 1 aromatic rings. The Bertz CT molecular complexity index is 686. The molecule has 0 radical (unpaired) electrons. The Hall–Kier alpha value is -2.61. The Morgan fingerprint density at radius 3 is 2.58 bits per heavy atom. The number of amides is 3. The van der Waals surface area contributed by atoms with Crippen molar-refractivity contribution in [3.63, 3.8) is 0 Å². The van der Waals surface area contributed by atoms with Crippen LogP contribution in [0.3, 0.4) is 0 Å². The molecule has 0 aromatic heterocycles. The smallest absolute Gasteiger partial charge is 0.337 e. The van der Waals surface area contributed by atoms with Gasteiger partial charge in [-0.3, -0.25) is 19.3 Å². The fourth-order valence-electron chi connectivity index (χ4n) is 2.11. The van der Waals surface area contributed by atoms with Gasteiger partial charge in [0.2, 0.25) is 11.8 Å². The fourth-order valence-corrected chi connectivity index (χ4v) is 3.11. The molecule has 1 N–H and O–H groups in total. The highest BCUT2D eigenvalue weighted by Gasteiger charge is 2.39. The summed E-state index contributed by atoms with van der Waals surface area (Å²) in [7, 11) is 1.28. The molecule has 126 valence electrons. The van der Waals surface area contributed by atoms with Crippen LogP contribution in [0.5, 0.6) is 0 Å². The van der Waals surface area contributed by atoms with E-state index in [0.717, 1.165) is 16.7 Å². The number of methoxy groups -OCH3 is 1. The lowest BCUT2D eigenvalue weighted by atomic mass is 10.2. The van der Waals surface area contributed by atoms with Gasteiger partial charge in [-0.25, -0.2) is 4.79 Å². The molecule has 1 aliphatic heterocycles. The summed E-state index contributed by atoms with van der Waals surface area (Å²) in [5.41, 5.74) is 0.847. The molecule has 0 spiro atoms. The van der Waals surface area contributed by atoms with Crippen LogP contribution in [-0.4, -0.2) is 46.8 Å². The average Bonchev–Trinajstić information content (AvgIpc) is 2.82. The van der Waals surface area contributed by atoms with Gasteiger partial charge in [-0.05, 0) is 24.3 Å². The van der Waals surface area contributed by atoms with E-state index in [1.807, 2.05) is 0 Å². The van der Waals surface area contributed by atoms with Crippen molar-refractivity contribution in [3.8, 4) is 0 Å². The van der Waals surface area contributed by atoms with E-state index in [9.17, 15) is 19.2 Å². The minimum absolute atomic E-state index is 0.109. The number of esters is 1. The molecule has 0 aliphatic carbocycles. The number of hydrogen-bond acceptors (Lipinski definition) is 6. The van der Waals surface area contributed by atoms with Crippen LogP contribution in [0.4, 0.5) is 10.5 Å². The number of hydrogen-bond donors (Lipinski definition) is 1. The first-order valence-corrected chi connectivity index (χ1v) is 7.95. The van der Waals surface area contributed by atoms with Gasteiger partial charge < -0.3 is 10.1 Å². The van der Waals surface area contributed by atoms with E-state index in [1.165, 1.54) is 25.3 Å². The van der Waals surface area contributed by atoms with Gasteiger partial charge in [-0.15, -0.1) is 6.58 Å². The number of imide groups is 1. The topological polar surface area (TPSA) is 92.8 Å². The second kappa shape index (κ2) is 7.78. The van der Waals surface area contributed by atoms with E-state index in [1.54, 1.807) is 12.1 Å². The summed E-state index contributed by atoms with van der Waals surface area (Å²) in [5, 5.41) is 1.52. The molecule has 1 saturated heterocycles. The van der Waals surface area contributed by atoms with Gasteiger partial charge in [-0.1, -0.05) is 17.8 Å². The molecule has 0 unspecified atom stereocenters. The number of anilines is 1. The Morgan fingerprint density at radius 2 is 2.00 bits per heavy atom. The van der Waals surface area contributed by atoms with Crippen LogP contribution in [0.2, 0.25) is 0 Å². The number of ether oxygens (including phenoxy) is 1. The normalized spacial score (nSPS) is 16.9. The quantitative estimate of drug-likeness (QED) is 0.625. The Balaban J connectivity index is 1.94. The summed E-state index contributed by atoms with van der Waals surface area (Å²) in [6.07, 6.45) is 1.35. The molecule has 8 heteroatoms. The van der Waals surface area contributed by atoms with Crippen molar-refractivity contribution in [1.29, 1.82) is 0 Å². The third kappa shape index (κ3) is 4.02. The van der Waals surface area contributed by atoms with Gasteiger partial charge in [0.1, 0.15) is 5.25 Å². The molecule has 2 rings (SSSR count). The average molecular weight is 348 g/mol. The van der Waals surface area contributed by atoms with Crippen molar-refractivity contribution < 1.29 is 23.9 Å². The maximum Gasteiger partial charge on any atom is 0.337 e. The standard InChI is InChI=1S/C16H16N2O5S/c1-3-8-18-14(20)12(24-16(18)22)9-13(19)17-11-6-4-10(5-7-11)15(21)23-2/h3-7,12H,1,8-9H2,2H3,(H,17,19)/t12-/m0/s1. The minimum Gasteiger partial charge on any atom is -0.465 e. The zero-order chi connectivity index (χ0) is 17.7. The highest BCUT2D eigenvalue weighted by atomic mass is 32.2. The molecule has 1 heterocycles. The van der Waals surface area contributed by atoms with Crippen molar-refractivity contribution in [2.24, 2.45) is 0 Å². The predicted molar refractivity (Wildman–Crippen MR) is 89.7 cm³/mol. The van der Waals surface area contributed by atoms with Crippen LogP contribution in [-0.2, 0) is 14.3 Å². The molecule has 1 aliphatic rings. The van der Waals surface area contributed by atoms with Crippen molar-refractivity contribution in [1.82, 2.24) is 4.90 Å². The second-order valence-corrected chi connectivity index (χ2v) is 6.09. The number of thioether (sulfide) groups is 1. The van der Waals surface area contributed by atoms with E-state index < -0.39 is 11.2 Å². The number of carbonyl (C=O) groups excluding carboxylic acids is 4. The first-order chi connectivity index (χ1) is 11.5. The van der Waals surface area contributed by atoms with Crippen molar-refractivity contribution in [3.05, 3.63) is 42.5 Å². The number of carbonyl (C=O) groups is 4. The number of benzene rings is 1. The van der Waals surface area contributed by atoms with Gasteiger partial charge in [0, 0.05) is 18.7 Å². The van der Waals surface area contributed by atoms with Crippen molar-refractivity contribution >= 4 is 40.5 Å². The molecule has 0 bridgehead atoms. The Labute approximate surface area is 143 Å². The first kappa shape index (κ1) is 17.7. The summed E-state index contributed by atoms with van der Waals surface area (Å²) in [6, 6.07) is 6.16. The second-order valence-electron chi connectivity index (χ2n) is 4.93. The Kier molecular flexibility index (Phi) is 5.75. The SMILES string of the molecule is C=CCN1C(=O)S[C@@H](CC(=O)Nc2ccc(C(=O)OC)cc2)C1=O. The van der Waals surface area contributed by atoms with E-state index in [2.05, 4.69) is 16.6 Å². The largest absolute Gasteiger partial charge is 0.465 e. The number of rotatable bonds is 6. The molecule has 24 heavy (non-hydrogen) atoms. The van der Waals surface area contributed by atoms with Crippen molar-refractivity contribution in [2.75, 3.05) is 19.0 Å². The monoisotopic (exact) mass is 348 g/mol. The third-order valence-corrected chi connectivity index (χ3v) is 4.35. The lowest BCUT2D eigenvalue weighted by molar-refractivity contribution is -0.128. The summed E-state index contributed by atoms with van der Waals surface area (Å²) in [5.74, 6) is -1.25. The van der Waals surface area contributed by atoms with Crippen LogP contribution in [0, 0.1) is 0 Å². The summed E-state index contributed by atoms with van der Waals surface area (Å²) in [6.45, 7) is 3.63. The molecule has 0 saturated carbocycles. The lowest BCUT2D eigenvalue weighted by Crippen LogP contribution is -2.33. The number of nitrogens with one attached hydrogen (secondary N) is 1. The van der Waals surface area contributed by atoms with E-state index in [0.29, 0.717) is 11.3 Å². The molecule has 3 amide bonds. The van der Waals surface area contributed by atoms with Gasteiger partial charge >= 0.3 is 5.97 Å². The molecule has 1 fully saturated rings. The maximum atomic E-state index is 12.1. The molecular formula is C16H16N2O5S. The summed E-state index contributed by atoms with van der Waals surface area (Å²) < 4.78 is 4.59. The maximum absolute atomic E-state index is 12.1. The van der Waals surface area contributed by atoms with Gasteiger partial charge in [0.05, 0.1) is 12.7 Å². The zero-order valence-corrected chi connectivity index (χ0v) is 13.8. The molecule has 1 aromatic carbocycles. The van der Waals surface area contributed by atoms with E-state index >= 15 is 0 Å². The van der Waals surface area contributed by atoms with E-state index in [4.69, 9.17) is 0 Å².